The molecule has 2 rings (SSSR count). The van der Waals surface area contributed by atoms with Gasteiger partial charge < -0.3 is 10.2 Å². The van der Waals surface area contributed by atoms with Crippen molar-refractivity contribution in [2.75, 3.05) is 24.3 Å². The Bertz CT molecular complexity index is 484. The lowest BCUT2D eigenvalue weighted by atomic mass is 10.4. The third-order valence-corrected chi connectivity index (χ3v) is 2.53. The fourth-order valence-corrected chi connectivity index (χ4v) is 1.69. The molecule has 0 fully saturated rings. The zero-order valence-electron chi connectivity index (χ0n) is 9.48. The fraction of sp³-hybridized carbons (Fsp3) is 0.333. The Morgan fingerprint density at radius 1 is 1.35 bits per heavy atom. The first-order valence-corrected chi connectivity index (χ1v) is 5.33. The summed E-state index contributed by atoms with van der Waals surface area (Å²) in [4.78, 5) is 14.1. The Morgan fingerprint density at radius 2 is 2.18 bits per heavy atom. The summed E-state index contributed by atoms with van der Waals surface area (Å²) in [6.45, 7) is 0.558. The van der Waals surface area contributed by atoms with Gasteiger partial charge in [-0.25, -0.2) is 15.0 Å². The minimum Gasteiger partial charge on any atom is -0.383 e. The molecule has 0 aliphatic rings. The number of nitrogens with zero attached hydrogens (tertiary/aromatic N) is 5. The minimum atomic E-state index is 0.391. The molecular weight excluding hydrogens is 242 g/mol. The van der Waals surface area contributed by atoms with E-state index >= 15 is 0 Å². The van der Waals surface area contributed by atoms with Crippen molar-refractivity contribution < 1.29 is 0 Å². The predicted octanol–water partition coefficient (Wildman–Crippen LogP) is 0.926. The molecule has 0 aromatic carbocycles. The van der Waals surface area contributed by atoms with Gasteiger partial charge in [0.15, 0.2) is 11.0 Å². The highest BCUT2D eigenvalue weighted by Gasteiger charge is 2.13. The second-order valence-electron chi connectivity index (χ2n) is 3.40. The lowest BCUT2D eigenvalue weighted by Gasteiger charge is -2.19. The average Bonchev–Trinajstić information content (AvgIpc) is 2.81. The summed E-state index contributed by atoms with van der Waals surface area (Å²) in [6.07, 6.45) is 2.89. The van der Waals surface area contributed by atoms with Crippen LogP contribution < -0.4 is 10.2 Å². The van der Waals surface area contributed by atoms with Gasteiger partial charge in [-0.2, -0.15) is 5.10 Å². The Hall–Kier alpha value is -1.89. The molecule has 0 aliphatic heterocycles. The quantitative estimate of drug-likeness (QED) is 0.789. The second-order valence-corrected chi connectivity index (χ2v) is 3.76. The molecule has 2 heterocycles. The molecule has 0 atom stereocenters. The van der Waals surface area contributed by atoms with Crippen LogP contribution in [0.25, 0.3) is 0 Å². The molecule has 0 radical (unpaired) electrons. The minimum absolute atomic E-state index is 0.391. The zero-order chi connectivity index (χ0) is 12.3. The van der Waals surface area contributed by atoms with E-state index in [1.165, 1.54) is 12.7 Å². The van der Waals surface area contributed by atoms with E-state index in [0.717, 1.165) is 5.82 Å². The monoisotopic (exact) mass is 253 g/mol. The standard InChI is InChI=1S/C9H12ClN7/c1-11-7-8(10)13-4-14-9(7)17(2)3-6-12-5-15-16-6/h4-5,11H,3H2,1-2H3,(H,12,15,16). The van der Waals surface area contributed by atoms with Crippen LogP contribution in [0.2, 0.25) is 5.15 Å². The van der Waals surface area contributed by atoms with Crippen LogP contribution in [0.4, 0.5) is 11.5 Å². The van der Waals surface area contributed by atoms with Crippen molar-refractivity contribution in [1.82, 2.24) is 25.1 Å². The van der Waals surface area contributed by atoms with E-state index in [4.69, 9.17) is 11.6 Å². The van der Waals surface area contributed by atoms with Gasteiger partial charge in [-0.05, 0) is 0 Å². The lowest BCUT2D eigenvalue weighted by Crippen LogP contribution is -2.20. The fourth-order valence-electron chi connectivity index (χ4n) is 1.47. The Kier molecular flexibility index (Phi) is 3.38. The molecular formula is C9H12ClN7. The highest BCUT2D eigenvalue weighted by atomic mass is 35.5. The third-order valence-electron chi connectivity index (χ3n) is 2.24. The maximum Gasteiger partial charge on any atom is 0.157 e. The van der Waals surface area contributed by atoms with Crippen LogP contribution in [0, 0.1) is 0 Å². The van der Waals surface area contributed by atoms with Crippen molar-refractivity contribution in [3.63, 3.8) is 0 Å². The maximum absolute atomic E-state index is 5.98. The molecule has 90 valence electrons. The molecule has 2 aromatic heterocycles. The van der Waals surface area contributed by atoms with E-state index in [0.29, 0.717) is 23.2 Å². The maximum atomic E-state index is 5.98. The Balaban J connectivity index is 2.24. The molecule has 8 heteroatoms. The van der Waals surface area contributed by atoms with E-state index in [1.807, 2.05) is 11.9 Å². The number of aromatic nitrogens is 5. The van der Waals surface area contributed by atoms with E-state index < -0.39 is 0 Å². The van der Waals surface area contributed by atoms with Crippen molar-refractivity contribution >= 4 is 23.1 Å². The number of aromatic amines is 1. The number of H-pyrrole nitrogens is 1. The normalized spacial score (nSPS) is 10.3. The van der Waals surface area contributed by atoms with E-state index in [9.17, 15) is 0 Å². The molecule has 0 unspecified atom stereocenters. The molecule has 17 heavy (non-hydrogen) atoms. The van der Waals surface area contributed by atoms with Gasteiger partial charge >= 0.3 is 0 Å². The molecule has 7 nitrogen and oxygen atoms in total. The largest absolute Gasteiger partial charge is 0.383 e. The van der Waals surface area contributed by atoms with E-state index in [-0.39, 0.29) is 0 Å². The Morgan fingerprint density at radius 3 is 2.82 bits per heavy atom. The molecule has 0 saturated carbocycles. The van der Waals surface area contributed by atoms with Gasteiger partial charge in [0.1, 0.15) is 24.2 Å². The van der Waals surface area contributed by atoms with Gasteiger partial charge in [0.2, 0.25) is 0 Å². The third kappa shape index (κ3) is 2.44. The van der Waals surface area contributed by atoms with Crippen LogP contribution in [0.1, 0.15) is 5.82 Å². The molecule has 0 bridgehead atoms. The number of halogens is 1. The van der Waals surface area contributed by atoms with Crippen LogP contribution in [0.3, 0.4) is 0 Å². The lowest BCUT2D eigenvalue weighted by molar-refractivity contribution is 0.828. The van der Waals surface area contributed by atoms with Crippen molar-refractivity contribution in [3.05, 3.63) is 23.6 Å². The first-order valence-electron chi connectivity index (χ1n) is 4.96. The molecule has 0 aliphatic carbocycles. The topological polar surface area (TPSA) is 82.6 Å². The van der Waals surface area contributed by atoms with Crippen LogP contribution in [-0.2, 0) is 6.54 Å². The summed E-state index contributed by atoms with van der Waals surface area (Å²) in [6, 6.07) is 0. The first-order chi connectivity index (χ1) is 8.22. The highest BCUT2D eigenvalue weighted by molar-refractivity contribution is 6.32. The summed E-state index contributed by atoms with van der Waals surface area (Å²) < 4.78 is 0. The van der Waals surface area contributed by atoms with Crippen molar-refractivity contribution in [2.45, 2.75) is 6.54 Å². The number of hydrogen-bond donors (Lipinski definition) is 2. The van der Waals surface area contributed by atoms with Gasteiger partial charge in [0, 0.05) is 14.1 Å². The molecule has 0 spiro atoms. The van der Waals surface area contributed by atoms with Crippen LogP contribution in [0.15, 0.2) is 12.7 Å². The summed E-state index contributed by atoms with van der Waals surface area (Å²) in [5.41, 5.74) is 0.691. The second kappa shape index (κ2) is 4.96. The van der Waals surface area contributed by atoms with Crippen molar-refractivity contribution in [3.8, 4) is 0 Å². The van der Waals surface area contributed by atoms with Crippen LogP contribution in [-0.4, -0.2) is 39.2 Å². The van der Waals surface area contributed by atoms with Gasteiger partial charge in [-0.3, -0.25) is 5.10 Å². The summed E-state index contributed by atoms with van der Waals surface area (Å²) in [5.74, 6) is 1.47. The number of hydrogen-bond acceptors (Lipinski definition) is 6. The number of anilines is 2. The molecule has 0 saturated heterocycles. The predicted molar refractivity (Wildman–Crippen MR) is 65.1 cm³/mol. The molecule has 0 amide bonds. The molecule has 2 aromatic rings. The molecule has 2 N–H and O–H groups in total. The van der Waals surface area contributed by atoms with Crippen LogP contribution in [0.5, 0.6) is 0 Å². The van der Waals surface area contributed by atoms with E-state index in [2.05, 4.69) is 30.5 Å². The Labute approximate surface area is 103 Å². The summed E-state index contributed by atoms with van der Waals surface area (Å²) >= 11 is 5.98. The van der Waals surface area contributed by atoms with Crippen LogP contribution >= 0.6 is 11.6 Å². The summed E-state index contributed by atoms with van der Waals surface area (Å²) in [7, 11) is 3.67. The van der Waals surface area contributed by atoms with Gasteiger partial charge in [0.25, 0.3) is 0 Å². The van der Waals surface area contributed by atoms with Crippen molar-refractivity contribution in [1.29, 1.82) is 0 Å². The van der Waals surface area contributed by atoms with E-state index in [1.54, 1.807) is 7.05 Å². The van der Waals surface area contributed by atoms with Gasteiger partial charge in [0.05, 0.1) is 6.54 Å². The smallest absolute Gasteiger partial charge is 0.157 e. The average molecular weight is 254 g/mol. The number of nitrogens with one attached hydrogen (secondary N) is 2. The number of rotatable bonds is 4. The van der Waals surface area contributed by atoms with Gasteiger partial charge in [-0.15, -0.1) is 0 Å². The highest BCUT2D eigenvalue weighted by Crippen LogP contribution is 2.28. The SMILES string of the molecule is CNc1c(Cl)ncnc1N(C)Cc1ncn[nH]1. The van der Waals surface area contributed by atoms with Gasteiger partial charge in [-0.1, -0.05) is 11.6 Å². The zero-order valence-corrected chi connectivity index (χ0v) is 10.2. The first kappa shape index (κ1) is 11.6. The summed E-state index contributed by atoms with van der Waals surface area (Å²) in [5, 5.41) is 9.95. The van der Waals surface area contributed by atoms with Crippen molar-refractivity contribution in [2.24, 2.45) is 0 Å².